The van der Waals surface area contributed by atoms with Crippen molar-refractivity contribution in [1.82, 2.24) is 14.7 Å². The highest BCUT2D eigenvalue weighted by atomic mass is 16.2. The molecular formula is C21H24N4O3. The van der Waals surface area contributed by atoms with Gasteiger partial charge in [0.15, 0.2) is 0 Å². The fourth-order valence-corrected chi connectivity index (χ4v) is 3.96. The van der Waals surface area contributed by atoms with Crippen LogP contribution in [-0.2, 0) is 16.1 Å². The number of hydrogen-bond donors (Lipinski definition) is 1. The van der Waals surface area contributed by atoms with Gasteiger partial charge in [-0.15, -0.1) is 0 Å². The van der Waals surface area contributed by atoms with Gasteiger partial charge in [0.25, 0.3) is 5.91 Å². The number of likely N-dealkylation sites (tertiary alicyclic amines) is 1. The predicted octanol–water partition coefficient (Wildman–Crippen LogP) is 3.29. The minimum absolute atomic E-state index is 0.136. The number of rotatable bonds is 5. The van der Waals surface area contributed by atoms with E-state index in [0.29, 0.717) is 17.4 Å². The molecule has 7 heteroatoms. The van der Waals surface area contributed by atoms with E-state index < -0.39 is 0 Å². The Hall–Kier alpha value is -2.96. The molecule has 0 bridgehead atoms. The highest BCUT2D eigenvalue weighted by molar-refractivity contribution is 6.04. The van der Waals surface area contributed by atoms with Crippen molar-refractivity contribution in [2.45, 2.75) is 57.5 Å². The topological polar surface area (TPSA) is 84.3 Å². The molecule has 0 atom stereocenters. The van der Waals surface area contributed by atoms with Crippen LogP contribution in [0.4, 0.5) is 5.82 Å². The maximum atomic E-state index is 12.6. The zero-order chi connectivity index (χ0) is 19.5. The second-order valence-corrected chi connectivity index (χ2v) is 7.48. The first-order valence-corrected chi connectivity index (χ1v) is 9.89. The van der Waals surface area contributed by atoms with E-state index in [0.717, 1.165) is 18.4 Å². The van der Waals surface area contributed by atoms with Gasteiger partial charge >= 0.3 is 0 Å². The van der Waals surface area contributed by atoms with Crippen LogP contribution in [0.15, 0.2) is 36.5 Å². The molecule has 0 unspecified atom stereocenters. The summed E-state index contributed by atoms with van der Waals surface area (Å²) in [6.45, 7) is 0.258. The largest absolute Gasteiger partial charge is 0.307 e. The number of carbonyl (C=O) groups excluding carboxylic acids is 3. The molecule has 28 heavy (non-hydrogen) atoms. The predicted molar refractivity (Wildman–Crippen MR) is 104 cm³/mol. The molecule has 2 fully saturated rings. The maximum Gasteiger partial charge on any atom is 0.256 e. The van der Waals surface area contributed by atoms with Crippen molar-refractivity contribution in [3.8, 4) is 0 Å². The Balaban J connectivity index is 1.41. The summed E-state index contributed by atoms with van der Waals surface area (Å²) in [6.07, 6.45) is 8.13. The van der Waals surface area contributed by atoms with Crippen molar-refractivity contribution >= 4 is 23.5 Å². The first kappa shape index (κ1) is 18.4. The molecule has 1 aromatic carbocycles. The highest BCUT2D eigenvalue weighted by Gasteiger charge is 2.28. The molecule has 2 aromatic rings. The van der Waals surface area contributed by atoms with Crippen molar-refractivity contribution in [1.29, 1.82) is 0 Å². The summed E-state index contributed by atoms with van der Waals surface area (Å²) in [5.74, 6) is 0.247. The van der Waals surface area contributed by atoms with Gasteiger partial charge in [-0.2, -0.15) is 5.10 Å². The molecule has 1 N–H and O–H groups in total. The average Bonchev–Trinajstić information content (AvgIpc) is 3.31. The molecule has 3 amide bonds. The number of anilines is 1. The monoisotopic (exact) mass is 380 g/mol. The summed E-state index contributed by atoms with van der Waals surface area (Å²) in [4.78, 5) is 37.4. The molecule has 0 radical (unpaired) electrons. The third-order valence-corrected chi connectivity index (χ3v) is 5.54. The van der Waals surface area contributed by atoms with Gasteiger partial charge in [-0.3, -0.25) is 19.3 Å². The van der Waals surface area contributed by atoms with Gasteiger partial charge in [0.1, 0.15) is 5.82 Å². The normalized spacial score (nSPS) is 17.9. The Bertz CT molecular complexity index is 865. The van der Waals surface area contributed by atoms with E-state index in [4.69, 9.17) is 0 Å². The zero-order valence-corrected chi connectivity index (χ0v) is 15.8. The van der Waals surface area contributed by atoms with Crippen molar-refractivity contribution in [2.75, 3.05) is 5.32 Å². The first-order valence-electron chi connectivity index (χ1n) is 9.89. The van der Waals surface area contributed by atoms with Crippen LogP contribution in [0.1, 0.15) is 66.9 Å². The van der Waals surface area contributed by atoms with Gasteiger partial charge in [-0.25, -0.2) is 4.68 Å². The number of carbonyl (C=O) groups is 3. The minimum Gasteiger partial charge on any atom is -0.307 e. The SMILES string of the molecule is O=C(Nc1ccnn1C1CCCCC1)c1ccc(CN2C(=O)CCC2=O)cc1. The number of nitrogens with zero attached hydrogens (tertiary/aromatic N) is 3. The van der Waals surface area contributed by atoms with E-state index in [1.165, 1.54) is 24.2 Å². The van der Waals surface area contributed by atoms with Crippen LogP contribution in [0.2, 0.25) is 0 Å². The van der Waals surface area contributed by atoms with Crippen LogP contribution in [0.3, 0.4) is 0 Å². The Morgan fingerprint density at radius 1 is 1.00 bits per heavy atom. The van der Waals surface area contributed by atoms with Crippen LogP contribution in [0.5, 0.6) is 0 Å². The summed E-state index contributed by atoms with van der Waals surface area (Å²) in [5, 5.41) is 7.36. The number of hydrogen-bond acceptors (Lipinski definition) is 4. The van der Waals surface area contributed by atoms with E-state index in [-0.39, 0.29) is 37.1 Å². The molecule has 4 rings (SSSR count). The Morgan fingerprint density at radius 3 is 2.36 bits per heavy atom. The van der Waals surface area contributed by atoms with E-state index in [1.807, 2.05) is 10.7 Å². The number of nitrogens with one attached hydrogen (secondary N) is 1. The Kier molecular flexibility index (Phi) is 5.23. The molecule has 1 saturated carbocycles. The molecule has 1 aromatic heterocycles. The van der Waals surface area contributed by atoms with Crippen LogP contribution >= 0.6 is 0 Å². The summed E-state index contributed by atoms with van der Waals surface area (Å²) in [5.41, 5.74) is 1.35. The maximum absolute atomic E-state index is 12.6. The second kappa shape index (κ2) is 7.96. The summed E-state index contributed by atoms with van der Waals surface area (Å²) < 4.78 is 1.93. The standard InChI is InChI=1S/C21H24N4O3/c26-19-10-11-20(27)24(19)14-15-6-8-16(9-7-15)21(28)23-18-12-13-22-25(18)17-4-2-1-3-5-17/h6-9,12-13,17H,1-5,10-11,14H2,(H,23,28). The zero-order valence-electron chi connectivity index (χ0n) is 15.8. The van der Waals surface area contributed by atoms with Crippen LogP contribution < -0.4 is 5.32 Å². The molecule has 1 aliphatic carbocycles. The lowest BCUT2D eigenvalue weighted by Gasteiger charge is -2.23. The lowest BCUT2D eigenvalue weighted by molar-refractivity contribution is -0.139. The van der Waals surface area contributed by atoms with E-state index in [1.54, 1.807) is 30.5 Å². The molecular weight excluding hydrogens is 356 g/mol. The molecule has 1 saturated heterocycles. The van der Waals surface area contributed by atoms with Crippen molar-refractivity contribution in [3.63, 3.8) is 0 Å². The Morgan fingerprint density at radius 2 is 1.68 bits per heavy atom. The highest BCUT2D eigenvalue weighted by Crippen LogP contribution is 2.30. The van der Waals surface area contributed by atoms with Crippen molar-refractivity contribution < 1.29 is 14.4 Å². The third-order valence-electron chi connectivity index (χ3n) is 5.54. The molecule has 7 nitrogen and oxygen atoms in total. The fourth-order valence-electron chi connectivity index (χ4n) is 3.96. The number of amides is 3. The van der Waals surface area contributed by atoms with Crippen molar-refractivity contribution in [3.05, 3.63) is 47.7 Å². The molecule has 0 spiro atoms. The summed E-state index contributed by atoms with van der Waals surface area (Å²) in [6, 6.07) is 9.18. The number of imide groups is 1. The quantitative estimate of drug-likeness (QED) is 0.807. The minimum atomic E-state index is -0.197. The average molecular weight is 380 g/mol. The molecule has 1 aliphatic heterocycles. The summed E-state index contributed by atoms with van der Waals surface area (Å²) in [7, 11) is 0. The number of aromatic nitrogens is 2. The lowest BCUT2D eigenvalue weighted by Crippen LogP contribution is -2.28. The van der Waals surface area contributed by atoms with Gasteiger partial charge in [-0.1, -0.05) is 31.4 Å². The first-order chi connectivity index (χ1) is 13.6. The van der Waals surface area contributed by atoms with E-state index in [2.05, 4.69) is 10.4 Å². The summed E-state index contributed by atoms with van der Waals surface area (Å²) >= 11 is 0. The Labute approximate surface area is 163 Å². The molecule has 146 valence electrons. The molecule has 2 heterocycles. The third kappa shape index (κ3) is 3.83. The van der Waals surface area contributed by atoms with Gasteiger partial charge < -0.3 is 5.32 Å². The lowest BCUT2D eigenvalue weighted by atomic mass is 9.96. The fraction of sp³-hybridized carbons (Fsp3) is 0.429. The molecule has 2 aliphatic rings. The van der Waals surface area contributed by atoms with Crippen LogP contribution in [0, 0.1) is 0 Å². The van der Waals surface area contributed by atoms with Gasteiger partial charge in [0.2, 0.25) is 11.8 Å². The number of benzene rings is 1. The second-order valence-electron chi connectivity index (χ2n) is 7.48. The smallest absolute Gasteiger partial charge is 0.256 e. The van der Waals surface area contributed by atoms with Crippen molar-refractivity contribution in [2.24, 2.45) is 0 Å². The van der Waals surface area contributed by atoms with Crippen LogP contribution in [0.25, 0.3) is 0 Å². The van der Waals surface area contributed by atoms with Gasteiger partial charge in [-0.05, 0) is 30.5 Å². The van der Waals surface area contributed by atoms with E-state index in [9.17, 15) is 14.4 Å². The van der Waals surface area contributed by atoms with E-state index >= 15 is 0 Å². The van der Waals surface area contributed by atoms with Gasteiger partial charge in [0.05, 0.1) is 18.8 Å². The van der Waals surface area contributed by atoms with Gasteiger partial charge in [0, 0.05) is 24.5 Å². The van der Waals surface area contributed by atoms with Crippen LogP contribution in [-0.4, -0.2) is 32.4 Å².